The van der Waals surface area contributed by atoms with Gasteiger partial charge in [0, 0.05) is 0 Å². The van der Waals surface area contributed by atoms with Crippen molar-refractivity contribution in [2.45, 2.75) is 33.2 Å². The third-order valence-electron chi connectivity index (χ3n) is 3.38. The monoisotopic (exact) mass is 245 g/mol. The molecule has 0 heterocycles. The van der Waals surface area contributed by atoms with Gasteiger partial charge in [0.05, 0.1) is 5.54 Å². The second-order valence-electron chi connectivity index (χ2n) is 4.84. The first-order valence-corrected chi connectivity index (χ1v) is 6.55. The third-order valence-corrected chi connectivity index (χ3v) is 3.38. The number of rotatable bonds is 6. The normalized spacial score (nSPS) is 12.3. The van der Waals surface area contributed by atoms with Crippen LogP contribution in [-0.4, -0.2) is 29.3 Å². The molecule has 0 aliphatic rings. The van der Waals surface area contributed by atoms with E-state index in [0.717, 1.165) is 18.7 Å². The summed E-state index contributed by atoms with van der Waals surface area (Å²) in [6.07, 6.45) is 3.57. The molecule has 1 rings (SSSR count). The van der Waals surface area contributed by atoms with Gasteiger partial charge in [-0.1, -0.05) is 50.3 Å². The Kier molecular flexibility index (Phi) is 5.29. The van der Waals surface area contributed by atoms with E-state index >= 15 is 0 Å². The first-order chi connectivity index (χ1) is 8.52. The Balaban J connectivity index is 2.79. The summed E-state index contributed by atoms with van der Waals surface area (Å²) in [4.78, 5) is 14.4. The molecule has 0 saturated heterocycles. The fraction of sp³-hybridized carbons (Fsp3) is 0.438. The number of hydrogen-bond acceptors (Lipinski definition) is 2. The van der Waals surface area contributed by atoms with Crippen LogP contribution in [0, 0.1) is 0 Å². The van der Waals surface area contributed by atoms with Gasteiger partial charge in [-0.25, -0.2) is 0 Å². The van der Waals surface area contributed by atoms with E-state index in [1.807, 2.05) is 50.3 Å². The number of hydrogen-bond donors (Lipinski definition) is 0. The quantitative estimate of drug-likeness (QED) is 0.716. The van der Waals surface area contributed by atoms with Crippen LogP contribution in [0.1, 0.15) is 33.3 Å². The van der Waals surface area contributed by atoms with Crippen molar-refractivity contribution in [3.8, 4) is 0 Å². The maximum Gasteiger partial charge on any atom is 0.175 e. The Labute approximate surface area is 110 Å². The summed E-state index contributed by atoms with van der Waals surface area (Å²) in [5, 5.41) is 0. The van der Waals surface area contributed by atoms with Crippen LogP contribution in [0.15, 0.2) is 36.4 Å². The lowest BCUT2D eigenvalue weighted by molar-refractivity contribution is -0.124. The first-order valence-electron chi connectivity index (χ1n) is 6.55. The SMILES string of the molecule is CCN(CC)C(C)(C)C(=O)/C=C/c1ccccc1. The van der Waals surface area contributed by atoms with Crippen molar-refractivity contribution in [3.05, 3.63) is 42.0 Å². The van der Waals surface area contributed by atoms with Crippen LogP contribution in [0.2, 0.25) is 0 Å². The Hall–Kier alpha value is -1.41. The Morgan fingerprint density at radius 2 is 1.72 bits per heavy atom. The van der Waals surface area contributed by atoms with Gasteiger partial charge in [0.2, 0.25) is 0 Å². The predicted molar refractivity (Wildman–Crippen MR) is 77.5 cm³/mol. The topological polar surface area (TPSA) is 20.3 Å². The highest BCUT2D eigenvalue weighted by molar-refractivity contribution is 6.00. The van der Waals surface area contributed by atoms with Gasteiger partial charge in [-0.3, -0.25) is 9.69 Å². The van der Waals surface area contributed by atoms with Crippen molar-refractivity contribution in [2.24, 2.45) is 0 Å². The summed E-state index contributed by atoms with van der Waals surface area (Å²) in [6, 6.07) is 9.90. The maximum absolute atomic E-state index is 12.3. The van der Waals surface area contributed by atoms with E-state index in [-0.39, 0.29) is 5.78 Å². The fourth-order valence-electron chi connectivity index (χ4n) is 2.11. The average Bonchev–Trinajstić information content (AvgIpc) is 2.38. The molecular weight excluding hydrogens is 222 g/mol. The molecule has 0 radical (unpaired) electrons. The van der Waals surface area contributed by atoms with Crippen molar-refractivity contribution in [1.29, 1.82) is 0 Å². The number of carbonyl (C=O) groups excluding carboxylic acids is 1. The van der Waals surface area contributed by atoms with Crippen LogP contribution in [0.25, 0.3) is 6.08 Å². The molecule has 0 aromatic heterocycles. The van der Waals surface area contributed by atoms with Crippen LogP contribution >= 0.6 is 0 Å². The smallest absolute Gasteiger partial charge is 0.175 e. The zero-order valence-corrected chi connectivity index (χ0v) is 11.8. The fourth-order valence-corrected chi connectivity index (χ4v) is 2.11. The molecular formula is C16H23NO. The molecule has 0 bridgehead atoms. The van der Waals surface area contributed by atoms with Crippen molar-refractivity contribution in [2.75, 3.05) is 13.1 Å². The minimum Gasteiger partial charge on any atom is -0.293 e. The lowest BCUT2D eigenvalue weighted by Crippen LogP contribution is -2.49. The molecule has 0 fully saturated rings. The van der Waals surface area contributed by atoms with Gasteiger partial charge >= 0.3 is 0 Å². The summed E-state index contributed by atoms with van der Waals surface area (Å²) in [6.45, 7) is 9.90. The summed E-state index contributed by atoms with van der Waals surface area (Å²) < 4.78 is 0. The van der Waals surface area contributed by atoms with Gasteiger partial charge in [0.15, 0.2) is 5.78 Å². The number of nitrogens with zero attached hydrogens (tertiary/aromatic N) is 1. The molecule has 18 heavy (non-hydrogen) atoms. The molecule has 0 unspecified atom stereocenters. The highest BCUT2D eigenvalue weighted by atomic mass is 16.1. The van der Waals surface area contributed by atoms with Crippen molar-refractivity contribution >= 4 is 11.9 Å². The predicted octanol–water partition coefficient (Wildman–Crippen LogP) is 3.39. The van der Waals surface area contributed by atoms with E-state index in [9.17, 15) is 4.79 Å². The zero-order valence-electron chi connectivity index (χ0n) is 11.8. The lowest BCUT2D eigenvalue weighted by atomic mass is 9.95. The minimum atomic E-state index is -0.436. The molecule has 2 nitrogen and oxygen atoms in total. The van der Waals surface area contributed by atoms with E-state index in [1.54, 1.807) is 6.08 Å². The Bertz CT molecular complexity index is 402. The van der Waals surface area contributed by atoms with Gasteiger partial charge in [0.25, 0.3) is 0 Å². The standard InChI is InChI=1S/C16H23NO/c1-5-17(6-2)16(3,4)15(18)13-12-14-10-8-7-9-11-14/h7-13H,5-6H2,1-4H3/b13-12+. The van der Waals surface area contributed by atoms with E-state index in [0.29, 0.717) is 0 Å². The van der Waals surface area contributed by atoms with E-state index in [1.165, 1.54) is 0 Å². The molecule has 0 amide bonds. The third kappa shape index (κ3) is 3.54. The second-order valence-corrected chi connectivity index (χ2v) is 4.84. The van der Waals surface area contributed by atoms with Gasteiger partial charge in [0.1, 0.15) is 0 Å². The zero-order chi connectivity index (χ0) is 13.6. The molecule has 0 atom stereocenters. The van der Waals surface area contributed by atoms with Gasteiger partial charge in [-0.2, -0.15) is 0 Å². The van der Waals surface area contributed by atoms with Gasteiger partial charge in [-0.15, -0.1) is 0 Å². The van der Waals surface area contributed by atoms with Crippen molar-refractivity contribution in [3.63, 3.8) is 0 Å². The summed E-state index contributed by atoms with van der Waals surface area (Å²) in [7, 11) is 0. The van der Waals surface area contributed by atoms with E-state index in [2.05, 4.69) is 18.7 Å². The van der Waals surface area contributed by atoms with Crippen LogP contribution in [-0.2, 0) is 4.79 Å². The largest absolute Gasteiger partial charge is 0.293 e. The molecule has 98 valence electrons. The maximum atomic E-state index is 12.3. The van der Waals surface area contributed by atoms with Crippen LogP contribution in [0.4, 0.5) is 0 Å². The lowest BCUT2D eigenvalue weighted by Gasteiger charge is -2.34. The second kappa shape index (κ2) is 6.50. The van der Waals surface area contributed by atoms with Crippen molar-refractivity contribution < 1.29 is 4.79 Å². The highest BCUT2D eigenvalue weighted by Gasteiger charge is 2.30. The first kappa shape index (κ1) is 14.7. The number of carbonyl (C=O) groups is 1. The summed E-state index contributed by atoms with van der Waals surface area (Å²) >= 11 is 0. The Morgan fingerprint density at radius 3 is 2.22 bits per heavy atom. The number of likely N-dealkylation sites (N-methyl/N-ethyl adjacent to an activating group) is 1. The highest BCUT2D eigenvalue weighted by Crippen LogP contribution is 2.16. The number of benzene rings is 1. The van der Waals surface area contributed by atoms with E-state index < -0.39 is 5.54 Å². The molecule has 0 saturated carbocycles. The molecule has 2 heteroatoms. The van der Waals surface area contributed by atoms with Crippen LogP contribution in [0.5, 0.6) is 0 Å². The molecule has 0 spiro atoms. The van der Waals surface area contributed by atoms with E-state index in [4.69, 9.17) is 0 Å². The summed E-state index contributed by atoms with van der Waals surface area (Å²) in [5.41, 5.74) is 0.621. The van der Waals surface area contributed by atoms with Crippen molar-refractivity contribution in [1.82, 2.24) is 4.90 Å². The Morgan fingerprint density at radius 1 is 1.17 bits per heavy atom. The average molecular weight is 245 g/mol. The molecule has 0 aliphatic heterocycles. The molecule has 0 aliphatic carbocycles. The molecule has 1 aromatic rings. The van der Waals surface area contributed by atoms with Crippen LogP contribution in [0.3, 0.4) is 0 Å². The number of ketones is 1. The molecule has 1 aromatic carbocycles. The van der Waals surface area contributed by atoms with Crippen LogP contribution < -0.4 is 0 Å². The minimum absolute atomic E-state index is 0.148. The van der Waals surface area contributed by atoms with Gasteiger partial charge in [-0.05, 0) is 38.6 Å². The van der Waals surface area contributed by atoms with Gasteiger partial charge < -0.3 is 0 Å². The molecule has 0 N–H and O–H groups in total. The summed E-state index contributed by atoms with van der Waals surface area (Å²) in [5.74, 6) is 0.148.